The van der Waals surface area contributed by atoms with Gasteiger partial charge in [-0.05, 0) is 36.1 Å². The zero-order chi connectivity index (χ0) is 12.3. The third-order valence-corrected chi connectivity index (χ3v) is 3.71. The first kappa shape index (κ1) is 11.8. The maximum Gasteiger partial charge on any atom is 0.123 e. The van der Waals surface area contributed by atoms with Crippen LogP contribution in [0.4, 0.5) is 4.39 Å². The molecule has 0 amide bonds. The third kappa shape index (κ3) is 2.54. The summed E-state index contributed by atoms with van der Waals surface area (Å²) in [5.74, 6) is -0.273. The molecule has 2 aromatic rings. The summed E-state index contributed by atoms with van der Waals surface area (Å²) >= 11 is 1.64. The van der Waals surface area contributed by atoms with Crippen molar-refractivity contribution < 1.29 is 4.39 Å². The molecule has 3 heteroatoms. The molecule has 0 aliphatic heterocycles. The van der Waals surface area contributed by atoms with Crippen molar-refractivity contribution in [2.45, 2.75) is 18.8 Å². The van der Waals surface area contributed by atoms with Gasteiger partial charge in [-0.2, -0.15) is 5.26 Å². The Morgan fingerprint density at radius 1 is 1.29 bits per heavy atom. The number of halogens is 1. The summed E-state index contributed by atoms with van der Waals surface area (Å²) in [6, 6.07) is 12.5. The van der Waals surface area contributed by atoms with Gasteiger partial charge < -0.3 is 0 Å². The highest BCUT2D eigenvalue weighted by Crippen LogP contribution is 2.29. The molecular formula is C14H12FNS. The highest BCUT2D eigenvalue weighted by Gasteiger charge is 2.27. The van der Waals surface area contributed by atoms with E-state index in [1.807, 2.05) is 24.4 Å². The molecule has 2 rings (SSSR count). The van der Waals surface area contributed by atoms with Gasteiger partial charge in [0.1, 0.15) is 5.82 Å². The Kier molecular flexibility index (Phi) is 3.26. The van der Waals surface area contributed by atoms with Crippen molar-refractivity contribution in [2.24, 2.45) is 0 Å². The van der Waals surface area contributed by atoms with Crippen LogP contribution < -0.4 is 0 Å². The Bertz CT molecular complexity index is 524. The highest BCUT2D eigenvalue weighted by molar-refractivity contribution is 7.09. The second kappa shape index (κ2) is 4.68. The molecule has 0 saturated heterocycles. The first-order chi connectivity index (χ1) is 8.14. The lowest BCUT2D eigenvalue weighted by Gasteiger charge is -2.21. The smallest absolute Gasteiger partial charge is 0.123 e. The van der Waals surface area contributed by atoms with E-state index in [0.29, 0.717) is 6.42 Å². The molecule has 0 aliphatic carbocycles. The molecule has 0 saturated carbocycles. The number of benzene rings is 1. The van der Waals surface area contributed by atoms with E-state index >= 15 is 0 Å². The highest BCUT2D eigenvalue weighted by atomic mass is 32.1. The number of rotatable bonds is 3. The van der Waals surface area contributed by atoms with E-state index in [1.54, 1.807) is 23.5 Å². The van der Waals surface area contributed by atoms with E-state index in [0.717, 1.165) is 5.56 Å². The van der Waals surface area contributed by atoms with Crippen LogP contribution in [0.2, 0.25) is 0 Å². The normalized spacial score (nSPS) is 13.9. The summed E-state index contributed by atoms with van der Waals surface area (Å²) in [5, 5.41) is 11.4. The summed E-state index contributed by atoms with van der Waals surface area (Å²) < 4.78 is 12.9. The summed E-state index contributed by atoms with van der Waals surface area (Å²) in [5.41, 5.74) is 0.258. The van der Waals surface area contributed by atoms with Crippen LogP contribution in [-0.2, 0) is 11.8 Å². The standard InChI is InChI=1S/C14H12FNS/c1-14(10-16,9-13-3-2-8-17-13)11-4-6-12(15)7-5-11/h2-8H,9H2,1H3. The molecule has 0 spiro atoms. The van der Waals surface area contributed by atoms with Crippen LogP contribution in [0.3, 0.4) is 0 Å². The summed E-state index contributed by atoms with van der Waals surface area (Å²) in [4.78, 5) is 1.17. The van der Waals surface area contributed by atoms with Crippen LogP contribution in [0, 0.1) is 17.1 Å². The van der Waals surface area contributed by atoms with Gasteiger partial charge in [0.15, 0.2) is 0 Å². The van der Waals surface area contributed by atoms with Gasteiger partial charge in [0, 0.05) is 11.3 Å². The molecule has 0 aliphatic rings. The van der Waals surface area contributed by atoms with Crippen LogP contribution in [0.15, 0.2) is 41.8 Å². The second-order valence-corrected chi connectivity index (χ2v) is 5.24. The molecular weight excluding hydrogens is 233 g/mol. The minimum Gasteiger partial charge on any atom is -0.207 e. The van der Waals surface area contributed by atoms with Gasteiger partial charge >= 0.3 is 0 Å². The van der Waals surface area contributed by atoms with E-state index in [1.165, 1.54) is 17.0 Å². The van der Waals surface area contributed by atoms with Gasteiger partial charge in [0.05, 0.1) is 11.5 Å². The van der Waals surface area contributed by atoms with Crippen LogP contribution in [0.1, 0.15) is 17.4 Å². The Labute approximate surface area is 104 Å². The molecule has 17 heavy (non-hydrogen) atoms. The summed E-state index contributed by atoms with van der Waals surface area (Å²) in [6.07, 6.45) is 0.660. The predicted octanol–water partition coefficient (Wildman–Crippen LogP) is 3.91. The lowest BCUT2D eigenvalue weighted by Crippen LogP contribution is -2.22. The van der Waals surface area contributed by atoms with E-state index < -0.39 is 5.41 Å². The quantitative estimate of drug-likeness (QED) is 0.804. The van der Waals surface area contributed by atoms with Crippen molar-refractivity contribution in [2.75, 3.05) is 0 Å². The van der Waals surface area contributed by atoms with Crippen molar-refractivity contribution >= 4 is 11.3 Å². The molecule has 1 nitrogen and oxygen atoms in total. The average Bonchev–Trinajstić information content (AvgIpc) is 2.82. The van der Waals surface area contributed by atoms with Gasteiger partial charge in [-0.1, -0.05) is 18.2 Å². The largest absolute Gasteiger partial charge is 0.207 e. The van der Waals surface area contributed by atoms with Crippen LogP contribution in [0.25, 0.3) is 0 Å². The molecule has 1 atom stereocenters. The lowest BCUT2D eigenvalue weighted by atomic mass is 9.80. The minimum absolute atomic E-state index is 0.273. The number of thiophene rings is 1. The van der Waals surface area contributed by atoms with E-state index in [2.05, 4.69) is 6.07 Å². The zero-order valence-electron chi connectivity index (χ0n) is 9.48. The third-order valence-electron chi connectivity index (χ3n) is 2.84. The summed E-state index contributed by atoms with van der Waals surface area (Å²) in [7, 11) is 0. The fourth-order valence-corrected chi connectivity index (χ4v) is 2.65. The van der Waals surface area contributed by atoms with E-state index in [4.69, 9.17) is 0 Å². The van der Waals surface area contributed by atoms with Crippen LogP contribution in [-0.4, -0.2) is 0 Å². The maximum absolute atomic E-state index is 12.9. The predicted molar refractivity (Wildman–Crippen MR) is 67.4 cm³/mol. The number of nitrogens with zero attached hydrogens (tertiary/aromatic N) is 1. The Morgan fingerprint density at radius 2 is 2.00 bits per heavy atom. The molecule has 1 heterocycles. The number of nitriles is 1. The molecule has 1 unspecified atom stereocenters. The SMILES string of the molecule is CC(C#N)(Cc1cccs1)c1ccc(F)cc1. The fraction of sp³-hybridized carbons (Fsp3) is 0.214. The number of hydrogen-bond acceptors (Lipinski definition) is 2. The van der Waals surface area contributed by atoms with E-state index in [9.17, 15) is 9.65 Å². The van der Waals surface area contributed by atoms with Crippen molar-refractivity contribution in [1.82, 2.24) is 0 Å². The zero-order valence-corrected chi connectivity index (χ0v) is 10.3. The maximum atomic E-state index is 12.9. The van der Waals surface area contributed by atoms with Gasteiger partial charge in [-0.15, -0.1) is 11.3 Å². The Morgan fingerprint density at radius 3 is 2.53 bits per heavy atom. The van der Waals surface area contributed by atoms with Gasteiger partial charge in [-0.3, -0.25) is 0 Å². The van der Waals surface area contributed by atoms with Crippen molar-refractivity contribution in [3.8, 4) is 6.07 Å². The first-order valence-corrected chi connectivity index (χ1v) is 6.22. The fourth-order valence-electron chi connectivity index (χ4n) is 1.79. The molecule has 0 fully saturated rings. The summed E-state index contributed by atoms with van der Waals surface area (Å²) in [6.45, 7) is 1.89. The van der Waals surface area contributed by atoms with Crippen LogP contribution >= 0.6 is 11.3 Å². The number of hydrogen-bond donors (Lipinski definition) is 0. The Balaban J connectivity index is 2.31. The minimum atomic E-state index is -0.599. The second-order valence-electron chi connectivity index (χ2n) is 4.21. The molecule has 0 N–H and O–H groups in total. The van der Waals surface area contributed by atoms with E-state index in [-0.39, 0.29) is 5.82 Å². The van der Waals surface area contributed by atoms with Crippen molar-refractivity contribution in [3.63, 3.8) is 0 Å². The first-order valence-electron chi connectivity index (χ1n) is 5.34. The van der Waals surface area contributed by atoms with Crippen molar-refractivity contribution in [1.29, 1.82) is 5.26 Å². The van der Waals surface area contributed by atoms with Crippen LogP contribution in [0.5, 0.6) is 0 Å². The van der Waals surface area contributed by atoms with Gasteiger partial charge in [0.2, 0.25) is 0 Å². The Hall–Kier alpha value is -1.66. The molecule has 0 radical (unpaired) electrons. The van der Waals surface area contributed by atoms with Crippen molar-refractivity contribution in [3.05, 3.63) is 58.0 Å². The average molecular weight is 245 g/mol. The monoisotopic (exact) mass is 245 g/mol. The topological polar surface area (TPSA) is 23.8 Å². The van der Waals surface area contributed by atoms with Gasteiger partial charge in [-0.25, -0.2) is 4.39 Å². The molecule has 1 aromatic heterocycles. The molecule has 86 valence electrons. The van der Waals surface area contributed by atoms with Gasteiger partial charge in [0.25, 0.3) is 0 Å². The molecule has 1 aromatic carbocycles. The molecule has 0 bridgehead atoms. The lowest BCUT2D eigenvalue weighted by molar-refractivity contribution is 0.600.